The third-order valence-corrected chi connectivity index (χ3v) is 9.48. The number of rotatable bonds is 6. The van der Waals surface area contributed by atoms with Crippen molar-refractivity contribution in [1.29, 1.82) is 0 Å². The molecule has 1 unspecified atom stereocenters. The Hall–Kier alpha value is -6.19. The van der Waals surface area contributed by atoms with Crippen LogP contribution in [-0.4, -0.2) is 11.0 Å². The number of furan rings is 1. The Morgan fingerprint density at radius 3 is 2.02 bits per heavy atom. The number of anilines is 2. The molecule has 0 spiro atoms. The fourth-order valence-electron chi connectivity index (χ4n) is 7.25. The molecule has 1 aliphatic carbocycles. The summed E-state index contributed by atoms with van der Waals surface area (Å²) >= 11 is 0. The highest BCUT2D eigenvalue weighted by molar-refractivity contribution is 6.24. The zero-order valence-corrected chi connectivity index (χ0v) is 26.3. The quantitative estimate of drug-likeness (QED) is 0.186. The lowest BCUT2D eigenvalue weighted by molar-refractivity contribution is 0.669. The molecule has 3 nitrogen and oxygen atoms in total. The van der Waals surface area contributed by atoms with Gasteiger partial charge in [-0.15, -0.1) is 0 Å². The maximum Gasteiger partial charge on any atom is 0.136 e. The third-order valence-electron chi connectivity index (χ3n) is 9.48. The Balaban J connectivity index is 1.11. The first-order valence-electron chi connectivity index (χ1n) is 16.5. The van der Waals surface area contributed by atoms with Gasteiger partial charge >= 0.3 is 0 Å². The summed E-state index contributed by atoms with van der Waals surface area (Å²) in [5.74, 6) is 0. The van der Waals surface area contributed by atoms with E-state index in [0.29, 0.717) is 0 Å². The Morgan fingerprint density at radius 1 is 0.562 bits per heavy atom. The average molecular weight is 617 g/mol. The van der Waals surface area contributed by atoms with Gasteiger partial charge in [0.05, 0.1) is 6.04 Å². The summed E-state index contributed by atoms with van der Waals surface area (Å²) in [5, 5.41) is 4.70. The lowest BCUT2D eigenvalue weighted by Crippen LogP contribution is -2.30. The van der Waals surface area contributed by atoms with E-state index in [1.54, 1.807) is 0 Å². The molecular formula is C45H32N2O. The summed E-state index contributed by atoms with van der Waals surface area (Å²) in [4.78, 5) is 6.84. The Morgan fingerprint density at radius 2 is 1.27 bits per heavy atom. The molecule has 48 heavy (non-hydrogen) atoms. The summed E-state index contributed by atoms with van der Waals surface area (Å²) in [6.07, 6.45) is 11.6. The molecule has 0 bridgehead atoms. The minimum absolute atomic E-state index is 0.168. The molecule has 8 aromatic rings. The molecule has 3 heteroatoms. The number of pyridine rings is 1. The van der Waals surface area contributed by atoms with Crippen molar-refractivity contribution in [1.82, 2.24) is 4.98 Å². The van der Waals surface area contributed by atoms with Gasteiger partial charge in [-0.2, -0.15) is 0 Å². The minimum atomic E-state index is 0.168. The van der Waals surface area contributed by atoms with Crippen molar-refractivity contribution in [3.05, 3.63) is 182 Å². The van der Waals surface area contributed by atoms with Crippen LogP contribution in [0.5, 0.6) is 0 Å². The molecular weight excluding hydrogens is 585 g/mol. The van der Waals surface area contributed by atoms with Gasteiger partial charge in [0.1, 0.15) is 11.2 Å². The van der Waals surface area contributed by atoms with Gasteiger partial charge in [0, 0.05) is 40.1 Å². The Kier molecular flexibility index (Phi) is 6.94. The highest BCUT2D eigenvalue weighted by atomic mass is 16.3. The van der Waals surface area contributed by atoms with Crippen LogP contribution in [0.3, 0.4) is 0 Å². The topological polar surface area (TPSA) is 29.3 Å². The molecule has 9 rings (SSSR count). The van der Waals surface area contributed by atoms with Crippen molar-refractivity contribution in [3.8, 4) is 22.3 Å². The predicted molar refractivity (Wildman–Crippen MR) is 200 cm³/mol. The van der Waals surface area contributed by atoms with Crippen molar-refractivity contribution < 1.29 is 4.42 Å². The highest BCUT2D eigenvalue weighted by Gasteiger charge is 2.23. The molecule has 0 radical (unpaired) electrons. The Bertz CT molecular complexity index is 2460. The summed E-state index contributed by atoms with van der Waals surface area (Å²) in [6.45, 7) is 0. The van der Waals surface area contributed by atoms with Crippen molar-refractivity contribution in [2.45, 2.75) is 12.5 Å². The lowest BCUT2D eigenvalue weighted by atomic mass is 9.90. The van der Waals surface area contributed by atoms with E-state index in [0.717, 1.165) is 39.5 Å². The molecule has 0 amide bonds. The van der Waals surface area contributed by atoms with E-state index in [1.165, 1.54) is 44.4 Å². The van der Waals surface area contributed by atoms with Gasteiger partial charge in [-0.1, -0.05) is 121 Å². The van der Waals surface area contributed by atoms with E-state index < -0.39 is 0 Å². The van der Waals surface area contributed by atoms with E-state index in [2.05, 4.69) is 168 Å². The van der Waals surface area contributed by atoms with Gasteiger partial charge in [-0.05, 0) is 87.5 Å². The molecule has 0 saturated heterocycles. The fraction of sp³-hybridized carbons (Fsp3) is 0.0444. The number of hydrogen-bond acceptors (Lipinski definition) is 3. The SMILES string of the molecule is C1=CC(N(c2ccccc2)c2ccc(-c3ccccc3)cc2)CC=C1c1cc2oc3cccc(-c4cccnc4)c3c2c2ccccc12. The van der Waals surface area contributed by atoms with Gasteiger partial charge in [0.15, 0.2) is 0 Å². The van der Waals surface area contributed by atoms with E-state index in [9.17, 15) is 0 Å². The molecule has 0 saturated carbocycles. The van der Waals surface area contributed by atoms with Crippen LogP contribution in [-0.2, 0) is 0 Å². The second kappa shape index (κ2) is 11.9. The number of hydrogen-bond donors (Lipinski definition) is 0. The summed E-state index contributed by atoms with van der Waals surface area (Å²) in [6, 6.07) is 51.7. The first-order valence-corrected chi connectivity index (χ1v) is 16.5. The molecule has 1 atom stereocenters. The smallest absolute Gasteiger partial charge is 0.136 e. The van der Waals surface area contributed by atoms with Crippen LogP contribution in [0, 0.1) is 0 Å². The van der Waals surface area contributed by atoms with Crippen LogP contribution in [0.2, 0.25) is 0 Å². The molecule has 1 aliphatic rings. The second-order valence-corrected chi connectivity index (χ2v) is 12.3. The first-order chi connectivity index (χ1) is 23.8. The number of nitrogens with zero attached hydrogens (tertiary/aromatic N) is 2. The van der Waals surface area contributed by atoms with Crippen LogP contribution in [0.25, 0.3) is 60.5 Å². The van der Waals surface area contributed by atoms with Gasteiger partial charge in [-0.3, -0.25) is 4.98 Å². The predicted octanol–water partition coefficient (Wildman–Crippen LogP) is 12.0. The van der Waals surface area contributed by atoms with Gasteiger partial charge in [-0.25, -0.2) is 0 Å². The van der Waals surface area contributed by atoms with E-state index >= 15 is 0 Å². The lowest BCUT2D eigenvalue weighted by Gasteiger charge is -2.33. The first kappa shape index (κ1) is 28.1. The maximum atomic E-state index is 6.59. The van der Waals surface area contributed by atoms with Crippen molar-refractivity contribution in [2.24, 2.45) is 0 Å². The third kappa shape index (κ3) is 4.88. The number of para-hydroxylation sites is 1. The van der Waals surface area contributed by atoms with E-state index in [4.69, 9.17) is 4.42 Å². The molecule has 228 valence electrons. The van der Waals surface area contributed by atoms with E-state index in [-0.39, 0.29) is 6.04 Å². The largest absolute Gasteiger partial charge is 0.456 e. The standard InChI is InChI=1S/C45H32N2O/c1-3-11-31(12-4-1)32-20-24-36(25-21-32)47(35-14-5-2-6-15-35)37-26-22-33(23-27-37)41-29-43-45(40-17-8-7-16-39(40)41)44-38(18-9-19-42(44)48-43)34-13-10-28-46-30-34/h1-26,28-30,37H,27H2. The van der Waals surface area contributed by atoms with Crippen molar-refractivity contribution >= 4 is 49.7 Å². The monoisotopic (exact) mass is 616 g/mol. The molecule has 2 aromatic heterocycles. The molecule has 0 aliphatic heterocycles. The molecule has 6 aromatic carbocycles. The van der Waals surface area contributed by atoms with Gasteiger partial charge in [0.2, 0.25) is 0 Å². The van der Waals surface area contributed by atoms with Gasteiger partial charge in [0.25, 0.3) is 0 Å². The molecule has 0 fully saturated rings. The summed E-state index contributed by atoms with van der Waals surface area (Å²) < 4.78 is 6.59. The summed E-state index contributed by atoms with van der Waals surface area (Å²) in [7, 11) is 0. The van der Waals surface area contributed by atoms with Crippen LogP contribution in [0.1, 0.15) is 12.0 Å². The van der Waals surface area contributed by atoms with E-state index in [1.807, 2.05) is 18.5 Å². The zero-order chi connectivity index (χ0) is 31.9. The highest BCUT2D eigenvalue weighted by Crippen LogP contribution is 2.43. The second-order valence-electron chi connectivity index (χ2n) is 12.3. The average Bonchev–Trinajstić information content (AvgIpc) is 3.56. The number of benzene rings is 6. The number of allylic oxidation sites excluding steroid dienone is 2. The van der Waals surface area contributed by atoms with Crippen molar-refractivity contribution in [3.63, 3.8) is 0 Å². The van der Waals surface area contributed by atoms with Crippen molar-refractivity contribution in [2.75, 3.05) is 4.90 Å². The molecule has 0 N–H and O–H groups in total. The minimum Gasteiger partial charge on any atom is -0.456 e. The normalized spacial score (nSPS) is 14.4. The van der Waals surface area contributed by atoms with Crippen LogP contribution in [0.15, 0.2) is 181 Å². The number of fused-ring (bicyclic) bond motifs is 5. The van der Waals surface area contributed by atoms with Crippen LogP contribution in [0.4, 0.5) is 11.4 Å². The summed E-state index contributed by atoms with van der Waals surface area (Å²) in [5.41, 5.74) is 11.2. The van der Waals surface area contributed by atoms with Crippen LogP contribution >= 0.6 is 0 Å². The van der Waals surface area contributed by atoms with Gasteiger partial charge < -0.3 is 9.32 Å². The van der Waals surface area contributed by atoms with Crippen LogP contribution < -0.4 is 4.90 Å². The maximum absolute atomic E-state index is 6.59. The Labute approximate surface area is 279 Å². The number of aromatic nitrogens is 1. The molecule has 2 heterocycles. The fourth-order valence-corrected chi connectivity index (χ4v) is 7.25. The zero-order valence-electron chi connectivity index (χ0n) is 26.3.